The highest BCUT2D eigenvalue weighted by molar-refractivity contribution is 5.97. The van der Waals surface area contributed by atoms with Crippen LogP contribution in [0, 0.1) is 24.2 Å². The average molecular weight is 343 g/mol. The van der Waals surface area contributed by atoms with E-state index in [0.717, 1.165) is 11.1 Å². The monoisotopic (exact) mass is 343 g/mol. The van der Waals surface area contributed by atoms with E-state index in [0.29, 0.717) is 35.3 Å². The molecule has 1 aromatic carbocycles. The first-order valence-electron chi connectivity index (χ1n) is 7.99. The second-order valence-electron chi connectivity index (χ2n) is 6.25. The van der Waals surface area contributed by atoms with Crippen molar-refractivity contribution in [2.45, 2.75) is 40.2 Å². The van der Waals surface area contributed by atoms with Crippen molar-refractivity contribution in [3.05, 3.63) is 39.5 Å². The molecular formula is C19H21NO5. The van der Waals surface area contributed by atoms with Crippen molar-refractivity contribution in [1.29, 1.82) is 5.26 Å². The summed E-state index contributed by atoms with van der Waals surface area (Å²) >= 11 is 0. The Balaban J connectivity index is 2.46. The Morgan fingerprint density at radius 3 is 2.76 bits per heavy atom. The standard InChI is InChI=1S/C19H21NO5/c1-10(7-11(2)18(21)22)5-6-13-14(8-20)16-15(9-25-19(16)23)12(3)17(13)24-4/h5,11H,6-7,9H2,1-4H3,(H,21,22)/b10-5+/t11-/m1/s1. The number of nitriles is 1. The SMILES string of the molecule is COc1c(C)c2c(c(C#N)c1C/C=C(\C)C[C@@H](C)C(=O)O)C(=O)OC2. The number of cyclic esters (lactones) is 1. The van der Waals surface area contributed by atoms with E-state index in [2.05, 4.69) is 6.07 Å². The van der Waals surface area contributed by atoms with Crippen LogP contribution in [0.5, 0.6) is 5.75 Å². The molecule has 1 N–H and O–H groups in total. The third-order valence-corrected chi connectivity index (χ3v) is 4.49. The summed E-state index contributed by atoms with van der Waals surface area (Å²) in [6.45, 7) is 5.49. The number of fused-ring (bicyclic) bond motifs is 1. The van der Waals surface area contributed by atoms with Gasteiger partial charge in [0.05, 0.1) is 24.2 Å². The largest absolute Gasteiger partial charge is 0.496 e. The molecule has 0 amide bonds. The first-order valence-corrected chi connectivity index (χ1v) is 7.99. The molecule has 0 aromatic heterocycles. The van der Waals surface area contributed by atoms with E-state index < -0.39 is 17.9 Å². The molecule has 0 bridgehead atoms. The normalized spacial score (nSPS) is 14.5. The van der Waals surface area contributed by atoms with Crippen LogP contribution in [0.3, 0.4) is 0 Å². The number of methoxy groups -OCH3 is 1. The van der Waals surface area contributed by atoms with Crippen molar-refractivity contribution in [1.82, 2.24) is 0 Å². The molecule has 0 unspecified atom stereocenters. The maximum atomic E-state index is 12.0. The Bertz CT molecular complexity index is 801. The second-order valence-corrected chi connectivity index (χ2v) is 6.25. The van der Waals surface area contributed by atoms with Crippen molar-refractivity contribution in [3.63, 3.8) is 0 Å². The topological polar surface area (TPSA) is 96.6 Å². The minimum Gasteiger partial charge on any atom is -0.496 e. The summed E-state index contributed by atoms with van der Waals surface area (Å²) in [7, 11) is 1.53. The van der Waals surface area contributed by atoms with Crippen molar-refractivity contribution < 1.29 is 24.2 Å². The number of aliphatic carboxylic acids is 1. The molecule has 132 valence electrons. The number of carbonyl (C=O) groups excluding carboxylic acids is 1. The van der Waals surface area contributed by atoms with Crippen LogP contribution in [0.4, 0.5) is 0 Å². The fraction of sp³-hybridized carbons (Fsp3) is 0.421. The number of benzene rings is 1. The quantitative estimate of drug-likeness (QED) is 0.629. The van der Waals surface area contributed by atoms with E-state index in [1.165, 1.54) is 7.11 Å². The van der Waals surface area contributed by atoms with Crippen LogP contribution in [-0.2, 0) is 22.6 Å². The lowest BCUT2D eigenvalue weighted by Gasteiger charge is -2.16. The lowest BCUT2D eigenvalue weighted by atomic mass is 9.90. The zero-order chi connectivity index (χ0) is 18.7. The molecule has 1 aromatic rings. The summed E-state index contributed by atoms with van der Waals surface area (Å²) in [5.41, 5.74) is 3.62. The third kappa shape index (κ3) is 3.50. The van der Waals surface area contributed by atoms with Crippen molar-refractivity contribution in [3.8, 4) is 11.8 Å². The maximum Gasteiger partial charge on any atom is 0.340 e. The molecule has 25 heavy (non-hydrogen) atoms. The summed E-state index contributed by atoms with van der Waals surface area (Å²) in [5.74, 6) is -1.24. The van der Waals surface area contributed by atoms with Crippen LogP contribution >= 0.6 is 0 Å². The van der Waals surface area contributed by atoms with Crippen LogP contribution < -0.4 is 4.74 Å². The minimum atomic E-state index is -0.848. The Labute approximate surface area is 146 Å². The number of carboxylic acids is 1. The zero-order valence-electron chi connectivity index (χ0n) is 14.8. The van der Waals surface area contributed by atoms with E-state index in [1.54, 1.807) is 6.92 Å². The number of allylic oxidation sites excluding steroid dienone is 2. The molecule has 6 nitrogen and oxygen atoms in total. The minimum absolute atomic E-state index is 0.149. The molecule has 1 aliphatic heterocycles. The molecule has 0 saturated carbocycles. The van der Waals surface area contributed by atoms with Gasteiger partial charge >= 0.3 is 11.9 Å². The van der Waals surface area contributed by atoms with E-state index in [-0.39, 0.29) is 12.2 Å². The number of hydrogen-bond acceptors (Lipinski definition) is 5. The molecule has 0 radical (unpaired) electrons. The number of carbonyl (C=O) groups is 2. The highest BCUT2D eigenvalue weighted by Crippen LogP contribution is 2.37. The van der Waals surface area contributed by atoms with Gasteiger partial charge in [0.1, 0.15) is 18.4 Å². The lowest BCUT2D eigenvalue weighted by Crippen LogP contribution is -2.10. The van der Waals surface area contributed by atoms with Crippen LogP contribution in [0.1, 0.15) is 52.9 Å². The summed E-state index contributed by atoms with van der Waals surface area (Å²) in [6, 6.07) is 2.11. The van der Waals surface area contributed by atoms with Gasteiger partial charge in [-0.1, -0.05) is 18.6 Å². The van der Waals surface area contributed by atoms with Gasteiger partial charge in [0.2, 0.25) is 0 Å². The number of ether oxygens (including phenoxy) is 2. The number of carboxylic acid groups (broad SMARTS) is 1. The Morgan fingerprint density at radius 1 is 1.52 bits per heavy atom. The van der Waals surface area contributed by atoms with Gasteiger partial charge in [-0.15, -0.1) is 0 Å². The summed E-state index contributed by atoms with van der Waals surface area (Å²) < 4.78 is 10.6. The predicted octanol–water partition coefficient (Wildman–Crippen LogP) is 3.15. The smallest absolute Gasteiger partial charge is 0.340 e. The van der Waals surface area contributed by atoms with Gasteiger partial charge in [-0.2, -0.15) is 5.26 Å². The van der Waals surface area contributed by atoms with E-state index in [1.807, 2.05) is 19.9 Å². The Kier molecular flexibility index (Phi) is 5.48. The number of esters is 1. The molecule has 2 rings (SSSR count). The van der Waals surface area contributed by atoms with Gasteiger partial charge in [-0.25, -0.2) is 4.79 Å². The van der Waals surface area contributed by atoms with Crippen LogP contribution in [0.25, 0.3) is 0 Å². The van der Waals surface area contributed by atoms with Crippen molar-refractivity contribution in [2.24, 2.45) is 5.92 Å². The first-order chi connectivity index (χ1) is 11.8. The fourth-order valence-electron chi connectivity index (χ4n) is 3.11. The molecule has 6 heteroatoms. The lowest BCUT2D eigenvalue weighted by molar-refractivity contribution is -0.141. The summed E-state index contributed by atoms with van der Waals surface area (Å²) in [4.78, 5) is 23.0. The molecular weight excluding hydrogens is 322 g/mol. The fourth-order valence-corrected chi connectivity index (χ4v) is 3.11. The maximum absolute atomic E-state index is 12.0. The molecule has 1 atom stereocenters. The van der Waals surface area contributed by atoms with Gasteiger partial charge in [0.15, 0.2) is 0 Å². The Morgan fingerprint density at radius 2 is 2.20 bits per heavy atom. The van der Waals surface area contributed by atoms with Crippen LogP contribution in [0.15, 0.2) is 11.6 Å². The molecule has 0 fully saturated rings. The average Bonchev–Trinajstić information content (AvgIpc) is 2.95. The molecule has 0 saturated heterocycles. The van der Waals surface area contributed by atoms with Gasteiger partial charge < -0.3 is 14.6 Å². The molecule has 1 aliphatic rings. The van der Waals surface area contributed by atoms with Gasteiger partial charge in [0.25, 0.3) is 0 Å². The van der Waals surface area contributed by atoms with Gasteiger partial charge in [-0.3, -0.25) is 4.79 Å². The third-order valence-electron chi connectivity index (χ3n) is 4.49. The summed E-state index contributed by atoms with van der Waals surface area (Å²) in [5, 5.41) is 18.6. The highest BCUT2D eigenvalue weighted by Gasteiger charge is 2.31. The van der Waals surface area contributed by atoms with Crippen LogP contribution in [0.2, 0.25) is 0 Å². The number of hydrogen-bond donors (Lipinski definition) is 1. The molecule has 0 aliphatic carbocycles. The molecule has 1 heterocycles. The zero-order valence-corrected chi connectivity index (χ0v) is 14.8. The number of nitrogens with zero attached hydrogens (tertiary/aromatic N) is 1. The first kappa shape index (κ1) is 18.5. The van der Waals surface area contributed by atoms with Crippen LogP contribution in [-0.4, -0.2) is 24.2 Å². The molecule has 0 spiro atoms. The van der Waals surface area contributed by atoms with Crippen molar-refractivity contribution >= 4 is 11.9 Å². The van der Waals surface area contributed by atoms with Crippen molar-refractivity contribution in [2.75, 3.05) is 7.11 Å². The number of rotatable bonds is 6. The second kappa shape index (κ2) is 7.39. The van der Waals surface area contributed by atoms with Gasteiger partial charge in [-0.05, 0) is 32.3 Å². The van der Waals surface area contributed by atoms with E-state index in [9.17, 15) is 14.9 Å². The summed E-state index contributed by atoms with van der Waals surface area (Å²) in [6.07, 6.45) is 2.68. The highest BCUT2D eigenvalue weighted by atomic mass is 16.5. The van der Waals surface area contributed by atoms with E-state index in [4.69, 9.17) is 14.6 Å². The predicted molar refractivity (Wildman–Crippen MR) is 90.4 cm³/mol. The Hall–Kier alpha value is -2.81. The van der Waals surface area contributed by atoms with Gasteiger partial charge in [0, 0.05) is 11.1 Å². The van der Waals surface area contributed by atoms with E-state index >= 15 is 0 Å².